The summed E-state index contributed by atoms with van der Waals surface area (Å²) in [5.74, 6) is 0.786. The van der Waals surface area contributed by atoms with Crippen molar-refractivity contribution >= 4 is 28.9 Å². The van der Waals surface area contributed by atoms with Crippen molar-refractivity contribution in [1.82, 2.24) is 15.5 Å². The number of carbonyl (C=O) groups is 1. The minimum atomic E-state index is 0.0371. The average molecular weight is 416 g/mol. The SMILES string of the molecule is CN=C(NCc1cccc(NC(=O)CCN2CCOCC2)c1)NCc1cccs1. The van der Waals surface area contributed by atoms with Crippen LogP contribution in [0.4, 0.5) is 5.69 Å². The minimum Gasteiger partial charge on any atom is -0.379 e. The molecule has 0 aliphatic carbocycles. The lowest BCUT2D eigenvalue weighted by atomic mass is 10.2. The molecule has 156 valence electrons. The van der Waals surface area contributed by atoms with Gasteiger partial charge in [0.25, 0.3) is 0 Å². The van der Waals surface area contributed by atoms with Crippen molar-refractivity contribution in [2.75, 3.05) is 45.2 Å². The van der Waals surface area contributed by atoms with Crippen LogP contribution >= 0.6 is 11.3 Å². The van der Waals surface area contributed by atoms with E-state index in [0.717, 1.165) is 56.6 Å². The summed E-state index contributed by atoms with van der Waals surface area (Å²) in [5, 5.41) is 11.7. The molecule has 0 atom stereocenters. The molecule has 1 aliphatic rings. The van der Waals surface area contributed by atoms with Crippen LogP contribution in [0.1, 0.15) is 16.9 Å². The van der Waals surface area contributed by atoms with Gasteiger partial charge in [0, 0.05) is 50.2 Å². The van der Waals surface area contributed by atoms with Crippen molar-refractivity contribution < 1.29 is 9.53 Å². The van der Waals surface area contributed by atoms with Crippen molar-refractivity contribution in [2.45, 2.75) is 19.5 Å². The highest BCUT2D eigenvalue weighted by Gasteiger charge is 2.12. The van der Waals surface area contributed by atoms with Gasteiger partial charge >= 0.3 is 0 Å². The number of guanidine groups is 1. The maximum atomic E-state index is 12.3. The molecule has 1 fully saturated rings. The molecule has 1 saturated heterocycles. The molecule has 0 saturated carbocycles. The van der Waals surface area contributed by atoms with E-state index in [2.05, 4.69) is 37.3 Å². The Balaban J connectivity index is 1.42. The number of nitrogens with zero attached hydrogens (tertiary/aromatic N) is 2. The standard InChI is InChI=1S/C21H29N5O2S/c1-22-21(24-16-19-6-3-13-29-19)23-15-17-4-2-5-18(14-17)25-20(27)7-8-26-9-11-28-12-10-26/h2-6,13-14H,7-12,15-16H2,1H3,(H,25,27)(H2,22,23,24). The maximum absolute atomic E-state index is 12.3. The van der Waals surface area contributed by atoms with E-state index in [0.29, 0.717) is 13.0 Å². The van der Waals surface area contributed by atoms with Crippen LogP contribution < -0.4 is 16.0 Å². The first-order valence-electron chi connectivity index (χ1n) is 9.89. The number of thiophene rings is 1. The van der Waals surface area contributed by atoms with Gasteiger partial charge in [-0.25, -0.2) is 0 Å². The minimum absolute atomic E-state index is 0.0371. The average Bonchev–Trinajstić information content (AvgIpc) is 3.27. The Morgan fingerprint density at radius 2 is 2.00 bits per heavy atom. The number of carbonyl (C=O) groups excluding carboxylic acids is 1. The first-order chi connectivity index (χ1) is 14.2. The van der Waals surface area contributed by atoms with Crippen molar-refractivity contribution in [2.24, 2.45) is 4.99 Å². The Bertz CT molecular complexity index is 788. The molecule has 7 nitrogen and oxygen atoms in total. The Hall–Kier alpha value is -2.42. The highest BCUT2D eigenvalue weighted by atomic mass is 32.1. The van der Waals surface area contributed by atoms with Gasteiger partial charge in [0.15, 0.2) is 5.96 Å². The van der Waals surface area contributed by atoms with Crippen LogP contribution in [-0.4, -0.2) is 56.7 Å². The molecular formula is C21H29N5O2S. The number of hydrogen-bond donors (Lipinski definition) is 3. The van der Waals surface area contributed by atoms with Gasteiger partial charge in [-0.1, -0.05) is 18.2 Å². The number of morpholine rings is 1. The fraction of sp³-hybridized carbons (Fsp3) is 0.429. The van der Waals surface area contributed by atoms with Crippen LogP contribution in [-0.2, 0) is 22.6 Å². The van der Waals surface area contributed by atoms with Gasteiger partial charge in [0.05, 0.1) is 19.8 Å². The van der Waals surface area contributed by atoms with Gasteiger partial charge in [-0.05, 0) is 29.1 Å². The molecule has 29 heavy (non-hydrogen) atoms. The quantitative estimate of drug-likeness (QED) is 0.455. The van der Waals surface area contributed by atoms with E-state index in [9.17, 15) is 4.79 Å². The molecule has 2 aromatic rings. The van der Waals surface area contributed by atoms with Gasteiger partial charge in [-0.15, -0.1) is 11.3 Å². The fourth-order valence-corrected chi connectivity index (χ4v) is 3.70. The predicted octanol–water partition coefficient (Wildman–Crippen LogP) is 2.27. The highest BCUT2D eigenvalue weighted by Crippen LogP contribution is 2.11. The van der Waals surface area contributed by atoms with E-state index in [1.165, 1.54) is 4.88 Å². The Labute approximate surface area is 176 Å². The first-order valence-corrected chi connectivity index (χ1v) is 10.8. The second-order valence-corrected chi connectivity index (χ2v) is 7.84. The molecule has 0 spiro atoms. The number of amides is 1. The summed E-state index contributed by atoms with van der Waals surface area (Å²) in [6, 6.07) is 12.0. The zero-order valence-electron chi connectivity index (χ0n) is 16.8. The molecule has 3 N–H and O–H groups in total. The van der Waals surface area contributed by atoms with Crippen LogP contribution in [0.2, 0.25) is 0 Å². The van der Waals surface area contributed by atoms with Crippen LogP contribution in [0.3, 0.4) is 0 Å². The zero-order chi connectivity index (χ0) is 20.3. The lowest BCUT2D eigenvalue weighted by molar-refractivity contribution is -0.116. The van der Waals surface area contributed by atoms with Gasteiger partial charge < -0.3 is 20.7 Å². The summed E-state index contributed by atoms with van der Waals surface area (Å²) >= 11 is 1.72. The molecule has 0 radical (unpaired) electrons. The molecule has 1 aliphatic heterocycles. The van der Waals surface area contributed by atoms with E-state index in [-0.39, 0.29) is 5.91 Å². The molecule has 1 aromatic carbocycles. The van der Waals surface area contributed by atoms with E-state index in [1.807, 2.05) is 30.3 Å². The van der Waals surface area contributed by atoms with Crippen LogP contribution in [0.25, 0.3) is 0 Å². The van der Waals surface area contributed by atoms with Crippen molar-refractivity contribution in [3.63, 3.8) is 0 Å². The van der Waals surface area contributed by atoms with E-state index < -0.39 is 0 Å². The summed E-state index contributed by atoms with van der Waals surface area (Å²) in [7, 11) is 1.76. The molecule has 1 amide bonds. The van der Waals surface area contributed by atoms with Gasteiger partial charge in [-0.2, -0.15) is 0 Å². The number of nitrogens with one attached hydrogen (secondary N) is 3. The van der Waals surface area contributed by atoms with Crippen molar-refractivity contribution in [3.8, 4) is 0 Å². The molecular weight excluding hydrogens is 386 g/mol. The van der Waals surface area contributed by atoms with Crippen molar-refractivity contribution in [1.29, 1.82) is 0 Å². The van der Waals surface area contributed by atoms with Crippen LogP contribution in [0, 0.1) is 0 Å². The van der Waals surface area contributed by atoms with Crippen LogP contribution in [0.15, 0.2) is 46.8 Å². The molecule has 3 rings (SSSR count). The predicted molar refractivity (Wildman–Crippen MR) is 118 cm³/mol. The summed E-state index contributed by atoms with van der Waals surface area (Å²) in [4.78, 5) is 20.0. The lowest BCUT2D eigenvalue weighted by Gasteiger charge is -2.26. The summed E-state index contributed by atoms with van der Waals surface area (Å²) in [6.45, 7) is 5.44. The molecule has 8 heteroatoms. The number of anilines is 1. The summed E-state index contributed by atoms with van der Waals surface area (Å²) in [6.07, 6.45) is 0.488. The second kappa shape index (κ2) is 11.5. The summed E-state index contributed by atoms with van der Waals surface area (Å²) in [5.41, 5.74) is 1.90. The first kappa shape index (κ1) is 21.3. The maximum Gasteiger partial charge on any atom is 0.225 e. The molecule has 0 unspecified atom stereocenters. The van der Waals surface area contributed by atoms with E-state index in [4.69, 9.17) is 4.74 Å². The fourth-order valence-electron chi connectivity index (χ4n) is 3.06. The van der Waals surface area contributed by atoms with Crippen molar-refractivity contribution in [3.05, 3.63) is 52.2 Å². The van der Waals surface area contributed by atoms with Gasteiger partial charge in [0.1, 0.15) is 0 Å². The Morgan fingerprint density at radius 1 is 1.17 bits per heavy atom. The third-order valence-electron chi connectivity index (χ3n) is 4.66. The van der Waals surface area contributed by atoms with Crippen LogP contribution in [0.5, 0.6) is 0 Å². The van der Waals surface area contributed by atoms with Gasteiger partial charge in [0.2, 0.25) is 5.91 Å². The van der Waals surface area contributed by atoms with E-state index in [1.54, 1.807) is 18.4 Å². The lowest BCUT2D eigenvalue weighted by Crippen LogP contribution is -2.38. The number of hydrogen-bond acceptors (Lipinski definition) is 5. The number of benzene rings is 1. The number of aliphatic imine (C=N–C) groups is 1. The Morgan fingerprint density at radius 3 is 2.76 bits per heavy atom. The third-order valence-corrected chi connectivity index (χ3v) is 5.54. The summed E-state index contributed by atoms with van der Waals surface area (Å²) < 4.78 is 5.34. The third kappa shape index (κ3) is 7.49. The molecule has 1 aromatic heterocycles. The normalized spacial score (nSPS) is 15.1. The largest absolute Gasteiger partial charge is 0.379 e. The number of rotatable bonds is 8. The molecule has 0 bridgehead atoms. The second-order valence-electron chi connectivity index (χ2n) is 6.81. The van der Waals surface area contributed by atoms with E-state index >= 15 is 0 Å². The molecule has 2 heterocycles. The highest BCUT2D eigenvalue weighted by molar-refractivity contribution is 7.09. The Kier molecular flexibility index (Phi) is 8.48. The smallest absolute Gasteiger partial charge is 0.225 e. The zero-order valence-corrected chi connectivity index (χ0v) is 17.6. The monoisotopic (exact) mass is 415 g/mol. The van der Waals surface area contributed by atoms with Gasteiger partial charge in [-0.3, -0.25) is 14.7 Å². The number of ether oxygens (including phenoxy) is 1. The topological polar surface area (TPSA) is 78.0 Å².